The molecule has 4 nitrogen and oxygen atoms in total. The molecule has 0 saturated heterocycles. The lowest BCUT2D eigenvalue weighted by Crippen LogP contribution is -2.39. The highest BCUT2D eigenvalue weighted by atomic mass is 32.2. The van der Waals surface area contributed by atoms with Gasteiger partial charge in [-0.3, -0.25) is 0 Å². The quantitative estimate of drug-likeness (QED) is 0.718. The van der Waals surface area contributed by atoms with E-state index in [0.717, 1.165) is 6.42 Å². The average molecular weight is 236 g/mol. The van der Waals surface area contributed by atoms with Crippen LogP contribution in [0, 0.1) is 0 Å². The Hall–Kier alpha value is -0.130. The lowest BCUT2D eigenvalue weighted by atomic mass is 10.3. The summed E-state index contributed by atoms with van der Waals surface area (Å²) >= 11 is 0. The lowest BCUT2D eigenvalue weighted by Gasteiger charge is -2.23. The molecule has 0 saturated carbocycles. The first-order chi connectivity index (χ1) is 6.81. The summed E-state index contributed by atoms with van der Waals surface area (Å²) in [7, 11) is -1.44. The molecule has 15 heavy (non-hydrogen) atoms. The van der Waals surface area contributed by atoms with Gasteiger partial charge in [0, 0.05) is 25.7 Å². The van der Waals surface area contributed by atoms with Gasteiger partial charge in [0.25, 0.3) is 0 Å². The maximum Gasteiger partial charge on any atom is 0.215 e. The van der Waals surface area contributed by atoms with E-state index in [2.05, 4.69) is 5.32 Å². The maximum atomic E-state index is 11.8. The second-order valence-electron chi connectivity index (χ2n) is 4.20. The highest BCUT2D eigenvalue weighted by Crippen LogP contribution is 2.06. The zero-order valence-corrected chi connectivity index (χ0v) is 11.3. The van der Waals surface area contributed by atoms with Gasteiger partial charge in [-0.2, -0.15) is 0 Å². The first-order valence-corrected chi connectivity index (χ1v) is 7.11. The first kappa shape index (κ1) is 14.9. The fraction of sp³-hybridized carbons (Fsp3) is 1.00. The summed E-state index contributed by atoms with van der Waals surface area (Å²) in [5.41, 5.74) is 0. The average Bonchev–Trinajstić information content (AvgIpc) is 2.14. The van der Waals surface area contributed by atoms with Gasteiger partial charge >= 0.3 is 0 Å². The van der Waals surface area contributed by atoms with Crippen molar-refractivity contribution in [3.05, 3.63) is 0 Å². The van der Waals surface area contributed by atoms with E-state index in [1.165, 1.54) is 4.31 Å². The molecule has 0 rings (SSSR count). The van der Waals surface area contributed by atoms with Crippen molar-refractivity contribution in [3.63, 3.8) is 0 Å². The van der Waals surface area contributed by atoms with E-state index in [-0.39, 0.29) is 11.8 Å². The Labute approximate surface area is 94.1 Å². The van der Waals surface area contributed by atoms with Crippen molar-refractivity contribution in [2.75, 3.05) is 19.3 Å². The van der Waals surface area contributed by atoms with Gasteiger partial charge in [-0.15, -0.1) is 0 Å². The van der Waals surface area contributed by atoms with Gasteiger partial charge in [-0.1, -0.05) is 20.8 Å². The Morgan fingerprint density at radius 2 is 1.80 bits per heavy atom. The Balaban J connectivity index is 4.18. The summed E-state index contributed by atoms with van der Waals surface area (Å²) in [5.74, 6) is 0.173. The number of nitrogens with zero attached hydrogens (tertiary/aromatic N) is 1. The molecule has 1 unspecified atom stereocenters. The van der Waals surface area contributed by atoms with E-state index < -0.39 is 10.0 Å². The van der Waals surface area contributed by atoms with Crippen LogP contribution in [-0.2, 0) is 10.0 Å². The van der Waals surface area contributed by atoms with Gasteiger partial charge in [-0.05, 0) is 13.3 Å². The van der Waals surface area contributed by atoms with E-state index >= 15 is 0 Å². The number of rotatable bonds is 7. The molecule has 0 aliphatic carbocycles. The molecule has 0 aromatic heterocycles. The number of sulfonamides is 1. The predicted octanol–water partition coefficient (Wildman–Crippen LogP) is 1.04. The van der Waals surface area contributed by atoms with Crippen molar-refractivity contribution in [3.8, 4) is 0 Å². The molecule has 0 fully saturated rings. The molecule has 1 atom stereocenters. The Morgan fingerprint density at radius 3 is 2.20 bits per heavy atom. The van der Waals surface area contributed by atoms with E-state index in [9.17, 15) is 8.42 Å². The van der Waals surface area contributed by atoms with Gasteiger partial charge in [0.05, 0.1) is 5.75 Å². The highest BCUT2D eigenvalue weighted by molar-refractivity contribution is 7.89. The predicted molar refractivity (Wildman–Crippen MR) is 64.4 cm³/mol. The Bertz CT molecular complexity index is 263. The summed E-state index contributed by atoms with van der Waals surface area (Å²) in [6.45, 7) is 8.44. The summed E-state index contributed by atoms with van der Waals surface area (Å²) in [6, 6.07) is 0.406. The lowest BCUT2D eigenvalue weighted by molar-refractivity contribution is 0.380. The van der Waals surface area contributed by atoms with Crippen LogP contribution >= 0.6 is 0 Å². The smallest absolute Gasteiger partial charge is 0.215 e. The molecule has 0 aliphatic rings. The van der Waals surface area contributed by atoms with Crippen molar-refractivity contribution in [2.45, 2.75) is 46.2 Å². The van der Waals surface area contributed by atoms with E-state index in [1.807, 2.05) is 27.7 Å². The maximum absolute atomic E-state index is 11.8. The van der Waals surface area contributed by atoms with Crippen LogP contribution in [0.3, 0.4) is 0 Å². The van der Waals surface area contributed by atoms with Crippen molar-refractivity contribution >= 4 is 10.0 Å². The molecule has 0 radical (unpaired) electrons. The minimum Gasteiger partial charge on any atom is -0.313 e. The number of hydrogen-bond donors (Lipinski definition) is 1. The minimum atomic E-state index is -3.10. The van der Waals surface area contributed by atoms with E-state index in [4.69, 9.17) is 0 Å². The first-order valence-electron chi connectivity index (χ1n) is 5.50. The van der Waals surface area contributed by atoms with Gasteiger partial charge in [0.15, 0.2) is 0 Å². The van der Waals surface area contributed by atoms with E-state index in [1.54, 1.807) is 7.05 Å². The van der Waals surface area contributed by atoms with Crippen LogP contribution in [0.2, 0.25) is 0 Å². The van der Waals surface area contributed by atoms with Gasteiger partial charge in [0.2, 0.25) is 10.0 Å². The van der Waals surface area contributed by atoms with Crippen molar-refractivity contribution in [1.82, 2.24) is 9.62 Å². The fourth-order valence-electron chi connectivity index (χ4n) is 1.15. The summed E-state index contributed by atoms with van der Waals surface area (Å²) in [5, 5.41) is 3.11. The molecular formula is C10H24N2O2S. The molecule has 1 N–H and O–H groups in total. The van der Waals surface area contributed by atoms with Crippen molar-refractivity contribution in [1.29, 1.82) is 0 Å². The second kappa shape index (κ2) is 6.45. The zero-order chi connectivity index (χ0) is 12.1. The molecule has 0 spiro atoms. The Kier molecular flexibility index (Phi) is 6.40. The summed E-state index contributed by atoms with van der Waals surface area (Å²) in [4.78, 5) is 0. The van der Waals surface area contributed by atoms with Crippen molar-refractivity contribution in [2.24, 2.45) is 0 Å². The third kappa shape index (κ3) is 5.49. The molecule has 0 aromatic rings. The van der Waals surface area contributed by atoms with Crippen LogP contribution < -0.4 is 5.32 Å². The molecule has 0 bridgehead atoms. The highest BCUT2D eigenvalue weighted by Gasteiger charge is 2.21. The molecule has 5 heteroatoms. The summed E-state index contributed by atoms with van der Waals surface area (Å²) < 4.78 is 25.1. The summed E-state index contributed by atoms with van der Waals surface area (Å²) in [6.07, 6.45) is 0.841. The zero-order valence-electron chi connectivity index (χ0n) is 10.4. The van der Waals surface area contributed by atoms with Crippen LogP contribution in [0.5, 0.6) is 0 Å². The van der Waals surface area contributed by atoms with Crippen LogP contribution in [0.15, 0.2) is 0 Å². The molecule has 0 heterocycles. The standard InChI is InChI=1S/C10H24N2O2S/c1-6-10(4)12(5)15(13,14)8-7-11-9(2)3/h9-11H,6-8H2,1-5H3. The molecular weight excluding hydrogens is 212 g/mol. The third-order valence-corrected chi connectivity index (χ3v) is 4.52. The van der Waals surface area contributed by atoms with E-state index in [0.29, 0.717) is 12.6 Å². The topological polar surface area (TPSA) is 49.4 Å². The molecule has 0 aromatic carbocycles. The van der Waals surface area contributed by atoms with Gasteiger partial charge in [-0.25, -0.2) is 12.7 Å². The van der Waals surface area contributed by atoms with Gasteiger partial charge in [0.1, 0.15) is 0 Å². The number of hydrogen-bond acceptors (Lipinski definition) is 3. The van der Waals surface area contributed by atoms with Crippen LogP contribution in [0.4, 0.5) is 0 Å². The fourth-order valence-corrected chi connectivity index (χ4v) is 2.51. The largest absolute Gasteiger partial charge is 0.313 e. The van der Waals surface area contributed by atoms with Crippen LogP contribution in [0.1, 0.15) is 34.1 Å². The SMILES string of the molecule is CCC(C)N(C)S(=O)(=O)CCNC(C)C. The minimum absolute atomic E-state index is 0.0778. The van der Waals surface area contributed by atoms with Crippen LogP contribution in [-0.4, -0.2) is 44.2 Å². The normalized spacial score (nSPS) is 14.9. The number of nitrogens with one attached hydrogen (secondary N) is 1. The third-order valence-electron chi connectivity index (χ3n) is 2.56. The molecule has 0 amide bonds. The second-order valence-corrected chi connectivity index (χ2v) is 6.35. The molecule has 92 valence electrons. The Morgan fingerprint density at radius 1 is 1.27 bits per heavy atom. The monoisotopic (exact) mass is 236 g/mol. The van der Waals surface area contributed by atoms with Crippen molar-refractivity contribution < 1.29 is 8.42 Å². The van der Waals surface area contributed by atoms with Gasteiger partial charge < -0.3 is 5.32 Å². The molecule has 0 aliphatic heterocycles. The van der Waals surface area contributed by atoms with Crippen LogP contribution in [0.25, 0.3) is 0 Å².